The van der Waals surface area contributed by atoms with Crippen LogP contribution in [0.15, 0.2) is 4.52 Å². The normalized spacial score (nSPS) is 10.0. The van der Waals surface area contributed by atoms with Gasteiger partial charge in [-0.3, -0.25) is 0 Å². The fraction of sp³-hybridized carbons (Fsp3) is 0.333. The predicted octanol–water partition coefficient (Wildman–Crippen LogP) is 1.59. The fourth-order valence-corrected chi connectivity index (χ4v) is 0.971. The van der Waals surface area contributed by atoms with Gasteiger partial charge in [-0.1, -0.05) is 23.7 Å². The minimum absolute atomic E-state index is 0.0332. The van der Waals surface area contributed by atoms with Crippen LogP contribution in [0.25, 0.3) is 0 Å². The number of carboxylic acid groups (broad SMARTS) is 1. The molecule has 0 radical (unpaired) electrons. The highest BCUT2D eigenvalue weighted by molar-refractivity contribution is 6.32. The molecule has 0 aliphatic carbocycles. The van der Waals surface area contributed by atoms with E-state index in [0.717, 1.165) is 0 Å². The van der Waals surface area contributed by atoms with Crippen molar-refractivity contribution in [2.45, 2.75) is 13.3 Å². The smallest absolute Gasteiger partial charge is 0.342 e. The van der Waals surface area contributed by atoms with Gasteiger partial charge >= 0.3 is 5.97 Å². The molecule has 0 saturated carbocycles. The average molecular weight is 176 g/mol. The summed E-state index contributed by atoms with van der Waals surface area (Å²) in [6.07, 6.45) is 0.474. The molecule has 1 N–H and O–H groups in total. The summed E-state index contributed by atoms with van der Waals surface area (Å²) in [6, 6.07) is 0. The van der Waals surface area contributed by atoms with Gasteiger partial charge in [-0.05, 0) is 0 Å². The highest BCUT2D eigenvalue weighted by Gasteiger charge is 2.19. The number of carboxylic acids is 1. The molecule has 5 heteroatoms. The van der Waals surface area contributed by atoms with E-state index in [1.807, 2.05) is 0 Å². The zero-order valence-electron chi connectivity index (χ0n) is 5.80. The van der Waals surface area contributed by atoms with Crippen LogP contribution in [0.4, 0.5) is 0 Å². The highest BCUT2D eigenvalue weighted by atomic mass is 35.5. The van der Waals surface area contributed by atoms with Gasteiger partial charge in [-0.15, -0.1) is 0 Å². The summed E-state index contributed by atoms with van der Waals surface area (Å²) < 4.78 is 4.64. The van der Waals surface area contributed by atoms with Gasteiger partial charge in [0.05, 0.1) is 0 Å². The Morgan fingerprint density at radius 1 is 1.82 bits per heavy atom. The molecule has 1 aromatic rings. The molecule has 11 heavy (non-hydrogen) atoms. The van der Waals surface area contributed by atoms with Crippen molar-refractivity contribution < 1.29 is 14.4 Å². The number of nitrogens with zero attached hydrogens (tertiary/aromatic N) is 1. The van der Waals surface area contributed by atoms with Crippen molar-refractivity contribution in [3.63, 3.8) is 0 Å². The molecule has 60 valence electrons. The minimum atomic E-state index is -1.10. The maximum absolute atomic E-state index is 10.5. The topological polar surface area (TPSA) is 63.3 Å². The van der Waals surface area contributed by atoms with E-state index in [4.69, 9.17) is 16.7 Å². The molecule has 4 nitrogen and oxygen atoms in total. The Morgan fingerprint density at radius 3 is 2.82 bits per heavy atom. The van der Waals surface area contributed by atoms with E-state index in [1.54, 1.807) is 6.92 Å². The largest absolute Gasteiger partial charge is 0.477 e. The molecule has 0 spiro atoms. The van der Waals surface area contributed by atoms with Crippen molar-refractivity contribution in [2.24, 2.45) is 0 Å². The third kappa shape index (κ3) is 1.35. The Bertz CT molecular complexity index is 281. The Kier molecular flexibility index (Phi) is 2.14. The number of rotatable bonds is 2. The van der Waals surface area contributed by atoms with Crippen LogP contribution in [0, 0.1) is 0 Å². The Labute approximate surface area is 67.8 Å². The molecule has 1 rings (SSSR count). The van der Waals surface area contributed by atoms with E-state index in [9.17, 15) is 4.79 Å². The van der Waals surface area contributed by atoms with E-state index < -0.39 is 5.97 Å². The van der Waals surface area contributed by atoms with Gasteiger partial charge in [0.25, 0.3) is 0 Å². The highest BCUT2D eigenvalue weighted by Crippen LogP contribution is 2.18. The lowest BCUT2D eigenvalue weighted by Gasteiger charge is -1.89. The van der Waals surface area contributed by atoms with Crippen molar-refractivity contribution in [3.8, 4) is 0 Å². The van der Waals surface area contributed by atoms with E-state index >= 15 is 0 Å². The average Bonchev–Trinajstić information content (AvgIpc) is 2.30. The van der Waals surface area contributed by atoms with Crippen LogP contribution in [0.3, 0.4) is 0 Å². The van der Waals surface area contributed by atoms with Crippen LogP contribution in [0.1, 0.15) is 23.0 Å². The molecule has 0 unspecified atom stereocenters. The first kappa shape index (κ1) is 8.07. The van der Waals surface area contributed by atoms with Gasteiger partial charge in [0.1, 0.15) is 5.56 Å². The number of aromatic nitrogens is 1. The third-order valence-corrected chi connectivity index (χ3v) is 1.51. The SMILES string of the molecule is CCc1onc(Cl)c1C(=O)O. The molecule has 0 atom stereocenters. The molecule has 1 aromatic heterocycles. The lowest BCUT2D eigenvalue weighted by molar-refractivity contribution is 0.0694. The van der Waals surface area contributed by atoms with Gasteiger partial charge < -0.3 is 9.63 Å². The first-order chi connectivity index (χ1) is 5.16. The summed E-state index contributed by atoms with van der Waals surface area (Å²) in [5.74, 6) is -0.796. The fourth-order valence-electron chi connectivity index (χ4n) is 0.750. The standard InChI is InChI=1S/C6H6ClNO3/c1-2-3-4(6(9)10)5(7)8-11-3/h2H2,1H3,(H,9,10). The van der Waals surface area contributed by atoms with Crippen LogP contribution >= 0.6 is 11.6 Å². The second kappa shape index (κ2) is 2.92. The molecule has 0 bridgehead atoms. The van der Waals surface area contributed by atoms with Crippen molar-refractivity contribution >= 4 is 17.6 Å². The van der Waals surface area contributed by atoms with Crippen molar-refractivity contribution in [1.82, 2.24) is 5.16 Å². The van der Waals surface area contributed by atoms with Gasteiger partial charge in [0.2, 0.25) is 0 Å². The van der Waals surface area contributed by atoms with Gasteiger partial charge in [0, 0.05) is 6.42 Å². The second-order valence-corrected chi connectivity index (χ2v) is 2.29. The van der Waals surface area contributed by atoms with Crippen LogP contribution in [-0.2, 0) is 6.42 Å². The van der Waals surface area contributed by atoms with Crippen LogP contribution in [0.5, 0.6) is 0 Å². The van der Waals surface area contributed by atoms with Crippen molar-refractivity contribution in [1.29, 1.82) is 0 Å². The van der Waals surface area contributed by atoms with Crippen molar-refractivity contribution in [3.05, 3.63) is 16.5 Å². The maximum atomic E-state index is 10.5. The zero-order valence-corrected chi connectivity index (χ0v) is 6.55. The zero-order chi connectivity index (χ0) is 8.43. The molecule has 0 fully saturated rings. The monoisotopic (exact) mass is 175 g/mol. The number of aryl methyl sites for hydroxylation is 1. The van der Waals surface area contributed by atoms with Crippen LogP contribution < -0.4 is 0 Å². The van der Waals surface area contributed by atoms with E-state index in [2.05, 4.69) is 9.68 Å². The number of hydrogen-bond acceptors (Lipinski definition) is 3. The summed E-state index contributed by atoms with van der Waals surface area (Å²) in [5, 5.41) is 11.8. The molecule has 0 saturated heterocycles. The third-order valence-electron chi connectivity index (χ3n) is 1.26. The van der Waals surface area contributed by atoms with Crippen molar-refractivity contribution in [2.75, 3.05) is 0 Å². The Balaban J connectivity index is 3.17. The molecular weight excluding hydrogens is 170 g/mol. The number of halogens is 1. The molecule has 0 aliphatic rings. The van der Waals surface area contributed by atoms with Crippen LogP contribution in [-0.4, -0.2) is 16.2 Å². The first-order valence-corrected chi connectivity index (χ1v) is 3.42. The lowest BCUT2D eigenvalue weighted by atomic mass is 10.2. The van der Waals surface area contributed by atoms with Gasteiger partial charge in [-0.2, -0.15) is 0 Å². The maximum Gasteiger partial charge on any atom is 0.342 e. The van der Waals surface area contributed by atoms with Crippen LogP contribution in [0.2, 0.25) is 5.15 Å². The Morgan fingerprint density at radius 2 is 2.45 bits per heavy atom. The number of carbonyl (C=O) groups is 1. The molecule has 1 heterocycles. The summed E-state index contributed by atoms with van der Waals surface area (Å²) >= 11 is 5.43. The molecule has 0 aliphatic heterocycles. The van der Waals surface area contributed by atoms with Gasteiger partial charge in [0.15, 0.2) is 10.9 Å². The first-order valence-electron chi connectivity index (χ1n) is 3.04. The summed E-state index contributed by atoms with van der Waals surface area (Å²) in [4.78, 5) is 10.5. The van der Waals surface area contributed by atoms with E-state index in [0.29, 0.717) is 12.2 Å². The number of aromatic carboxylic acids is 1. The van der Waals surface area contributed by atoms with E-state index in [1.165, 1.54) is 0 Å². The summed E-state index contributed by atoms with van der Waals surface area (Å²) in [5.41, 5.74) is -0.0332. The second-order valence-electron chi connectivity index (χ2n) is 1.93. The predicted molar refractivity (Wildman–Crippen MR) is 37.9 cm³/mol. The molecule has 0 aromatic carbocycles. The number of hydrogen-bond donors (Lipinski definition) is 1. The lowest BCUT2D eigenvalue weighted by Crippen LogP contribution is -1.98. The molecular formula is C6H6ClNO3. The quantitative estimate of drug-likeness (QED) is 0.742. The summed E-state index contributed by atoms with van der Waals surface area (Å²) in [7, 11) is 0. The van der Waals surface area contributed by atoms with Gasteiger partial charge in [-0.25, -0.2) is 4.79 Å². The molecule has 0 amide bonds. The Hall–Kier alpha value is -1.03. The minimum Gasteiger partial charge on any atom is -0.477 e. The summed E-state index contributed by atoms with van der Waals surface area (Å²) in [6.45, 7) is 1.77. The van der Waals surface area contributed by atoms with E-state index in [-0.39, 0.29) is 10.7 Å².